The summed E-state index contributed by atoms with van der Waals surface area (Å²) in [6.07, 6.45) is 9.73. The number of nitrogens with one attached hydrogen (secondary N) is 1. The summed E-state index contributed by atoms with van der Waals surface area (Å²) in [4.78, 5) is 15.8. The van der Waals surface area contributed by atoms with Gasteiger partial charge < -0.3 is 0 Å². The zero-order valence-electron chi connectivity index (χ0n) is 10.4. The van der Waals surface area contributed by atoms with E-state index < -0.39 is 0 Å². The molecule has 0 saturated carbocycles. The van der Waals surface area contributed by atoms with E-state index in [1.54, 1.807) is 0 Å². The molecule has 0 aliphatic heterocycles. The first kappa shape index (κ1) is 13.0. The lowest BCUT2D eigenvalue weighted by Gasteiger charge is -2.11. The number of thiazole rings is 1. The van der Waals surface area contributed by atoms with Gasteiger partial charge >= 0.3 is 0 Å². The molecule has 0 bridgehead atoms. The van der Waals surface area contributed by atoms with Crippen LogP contribution in [0.15, 0.2) is 22.6 Å². The average molecular weight is 263 g/mol. The molecular formula is C13H17N3OS. The summed E-state index contributed by atoms with van der Waals surface area (Å²) in [7, 11) is 0. The molecule has 0 spiro atoms. The van der Waals surface area contributed by atoms with Gasteiger partial charge in [-0.1, -0.05) is 12.2 Å². The van der Waals surface area contributed by atoms with Crippen LogP contribution >= 0.6 is 11.3 Å². The normalized spacial score (nSPS) is 19.3. The van der Waals surface area contributed by atoms with Crippen LogP contribution in [0.1, 0.15) is 30.0 Å². The highest BCUT2D eigenvalue weighted by Gasteiger charge is 2.08. The average Bonchev–Trinajstić information content (AvgIpc) is 2.76. The topological polar surface area (TPSA) is 54.4 Å². The number of carbonyl (C=O) groups excluding carboxylic acids is 1. The maximum Gasteiger partial charge on any atom is 0.246 e. The lowest BCUT2D eigenvalue weighted by molar-refractivity contribution is -0.120. The van der Waals surface area contributed by atoms with Crippen LogP contribution in [-0.4, -0.2) is 17.1 Å². The van der Waals surface area contributed by atoms with Crippen molar-refractivity contribution in [2.75, 3.05) is 0 Å². The van der Waals surface area contributed by atoms with E-state index in [2.05, 4.69) is 27.7 Å². The number of hydrazone groups is 1. The van der Waals surface area contributed by atoms with E-state index >= 15 is 0 Å². The Morgan fingerprint density at radius 1 is 1.67 bits per heavy atom. The molecule has 0 saturated heterocycles. The third kappa shape index (κ3) is 4.07. The van der Waals surface area contributed by atoms with Crippen molar-refractivity contribution in [1.82, 2.24) is 10.4 Å². The van der Waals surface area contributed by atoms with Crippen LogP contribution in [0.5, 0.6) is 0 Å². The smallest absolute Gasteiger partial charge is 0.246 e. The van der Waals surface area contributed by atoms with E-state index in [1.165, 1.54) is 11.3 Å². The van der Waals surface area contributed by atoms with Crippen molar-refractivity contribution in [3.63, 3.8) is 0 Å². The van der Waals surface area contributed by atoms with E-state index in [0.717, 1.165) is 30.0 Å². The van der Waals surface area contributed by atoms with E-state index in [0.29, 0.717) is 12.3 Å². The third-order valence-corrected chi connectivity index (χ3v) is 3.73. The molecule has 5 heteroatoms. The molecule has 0 radical (unpaired) electrons. The van der Waals surface area contributed by atoms with Crippen molar-refractivity contribution in [3.05, 3.63) is 28.2 Å². The zero-order valence-corrected chi connectivity index (χ0v) is 11.2. The van der Waals surface area contributed by atoms with Gasteiger partial charge in [-0.25, -0.2) is 10.4 Å². The molecule has 1 atom stereocenters. The van der Waals surface area contributed by atoms with Crippen LogP contribution in [0, 0.1) is 12.8 Å². The molecule has 18 heavy (non-hydrogen) atoms. The van der Waals surface area contributed by atoms with Gasteiger partial charge in [0.25, 0.3) is 0 Å². The molecule has 1 N–H and O–H groups in total. The Bertz CT molecular complexity index is 465. The monoisotopic (exact) mass is 263 g/mol. The van der Waals surface area contributed by atoms with Gasteiger partial charge in [0.2, 0.25) is 5.91 Å². The molecular weight excluding hydrogens is 246 g/mol. The van der Waals surface area contributed by atoms with Crippen LogP contribution in [0.4, 0.5) is 0 Å². The maximum atomic E-state index is 11.6. The Kier molecular flexibility index (Phi) is 4.64. The summed E-state index contributed by atoms with van der Waals surface area (Å²) < 4.78 is 0. The Morgan fingerprint density at radius 2 is 2.56 bits per heavy atom. The van der Waals surface area contributed by atoms with E-state index in [1.807, 2.05) is 18.5 Å². The summed E-state index contributed by atoms with van der Waals surface area (Å²) in [5.41, 5.74) is 3.52. The second-order valence-corrected chi connectivity index (χ2v) is 5.36. The van der Waals surface area contributed by atoms with Gasteiger partial charge in [0.1, 0.15) is 5.01 Å². The third-order valence-electron chi connectivity index (χ3n) is 2.76. The van der Waals surface area contributed by atoms with Crippen LogP contribution < -0.4 is 5.43 Å². The Labute approximate surface area is 111 Å². The molecule has 0 aromatic carbocycles. The van der Waals surface area contributed by atoms with Crippen molar-refractivity contribution in [2.24, 2.45) is 11.0 Å². The van der Waals surface area contributed by atoms with Crippen molar-refractivity contribution in [2.45, 2.75) is 32.6 Å². The minimum Gasteiger partial charge on any atom is -0.273 e. The number of nitrogens with zero attached hydrogens (tertiary/aromatic N) is 2. The summed E-state index contributed by atoms with van der Waals surface area (Å²) in [6, 6.07) is 0. The van der Waals surface area contributed by atoms with Crippen molar-refractivity contribution >= 4 is 23.5 Å². The van der Waals surface area contributed by atoms with Gasteiger partial charge in [-0.15, -0.1) is 11.3 Å². The number of hydrogen-bond acceptors (Lipinski definition) is 4. The number of allylic oxidation sites excluding steroid dienone is 2. The zero-order chi connectivity index (χ0) is 12.8. The molecule has 1 aliphatic carbocycles. The summed E-state index contributed by atoms with van der Waals surface area (Å²) >= 11 is 1.51. The highest BCUT2D eigenvalue weighted by atomic mass is 32.1. The molecule has 1 heterocycles. The van der Waals surface area contributed by atoms with Crippen LogP contribution in [0.3, 0.4) is 0 Å². The number of hydrogen-bond donors (Lipinski definition) is 1. The second-order valence-electron chi connectivity index (χ2n) is 4.42. The van der Waals surface area contributed by atoms with Gasteiger partial charge in [0.15, 0.2) is 0 Å². The summed E-state index contributed by atoms with van der Waals surface area (Å²) in [5.74, 6) is 0.351. The summed E-state index contributed by atoms with van der Waals surface area (Å²) in [6.45, 7) is 1.92. The highest BCUT2D eigenvalue weighted by molar-refractivity contribution is 7.09. The number of aryl methyl sites for hydroxylation is 1. The van der Waals surface area contributed by atoms with Crippen molar-refractivity contribution < 1.29 is 4.79 Å². The first-order valence-corrected chi connectivity index (χ1v) is 7.00. The van der Waals surface area contributed by atoms with E-state index in [9.17, 15) is 4.79 Å². The lowest BCUT2D eigenvalue weighted by atomic mass is 9.96. The van der Waals surface area contributed by atoms with Gasteiger partial charge in [0, 0.05) is 17.3 Å². The Morgan fingerprint density at radius 3 is 3.22 bits per heavy atom. The fraction of sp³-hybridized carbons (Fsp3) is 0.462. The Hall–Kier alpha value is -1.49. The van der Waals surface area contributed by atoms with Gasteiger partial charge in [-0.2, -0.15) is 5.10 Å². The van der Waals surface area contributed by atoms with E-state index in [-0.39, 0.29) is 5.91 Å². The quantitative estimate of drug-likeness (QED) is 0.515. The fourth-order valence-corrected chi connectivity index (χ4v) is 2.60. The van der Waals surface area contributed by atoms with Gasteiger partial charge in [0.05, 0.1) is 6.42 Å². The predicted octanol–water partition coefficient (Wildman–Crippen LogP) is 2.45. The number of carbonyl (C=O) groups is 1. The van der Waals surface area contributed by atoms with Crippen LogP contribution in [0.25, 0.3) is 0 Å². The molecule has 1 aromatic heterocycles. The molecule has 1 aromatic rings. The molecule has 0 fully saturated rings. The van der Waals surface area contributed by atoms with Gasteiger partial charge in [-0.3, -0.25) is 4.79 Å². The largest absolute Gasteiger partial charge is 0.273 e. The molecule has 0 unspecified atom stereocenters. The lowest BCUT2D eigenvalue weighted by Crippen LogP contribution is -2.20. The number of rotatable bonds is 4. The highest BCUT2D eigenvalue weighted by Crippen LogP contribution is 2.15. The van der Waals surface area contributed by atoms with Crippen LogP contribution in [0.2, 0.25) is 0 Å². The molecule has 2 rings (SSSR count). The fourth-order valence-electron chi connectivity index (χ4n) is 1.83. The molecule has 96 valence electrons. The minimum absolute atomic E-state index is 0.105. The molecule has 4 nitrogen and oxygen atoms in total. The molecule has 1 aliphatic rings. The van der Waals surface area contributed by atoms with Crippen molar-refractivity contribution in [3.8, 4) is 0 Å². The SMILES string of the molecule is Cc1csc(CC(=O)N/N=C\[C@H]2CC=CCC2)n1. The predicted molar refractivity (Wildman–Crippen MR) is 73.7 cm³/mol. The summed E-state index contributed by atoms with van der Waals surface area (Å²) in [5, 5.41) is 6.80. The first-order valence-electron chi connectivity index (χ1n) is 6.12. The van der Waals surface area contributed by atoms with E-state index in [4.69, 9.17) is 0 Å². The Balaban J connectivity index is 1.74. The maximum absolute atomic E-state index is 11.6. The first-order chi connectivity index (χ1) is 8.74. The van der Waals surface area contributed by atoms with Gasteiger partial charge in [-0.05, 0) is 32.1 Å². The number of amides is 1. The number of aromatic nitrogens is 1. The minimum atomic E-state index is -0.105. The van der Waals surface area contributed by atoms with Crippen LogP contribution in [-0.2, 0) is 11.2 Å². The second kappa shape index (κ2) is 6.44. The molecule has 1 amide bonds. The standard InChI is InChI=1S/C13H17N3OS/c1-10-9-18-13(15-10)7-12(17)16-14-8-11-5-3-2-4-6-11/h2-3,8-9,11H,4-7H2,1H3,(H,16,17)/b14-8-/t11-/m0/s1. The van der Waals surface area contributed by atoms with Crippen molar-refractivity contribution in [1.29, 1.82) is 0 Å².